The Morgan fingerprint density at radius 1 is 1.39 bits per heavy atom. The number of imidazole rings is 1. The van der Waals surface area contributed by atoms with Gasteiger partial charge in [-0.1, -0.05) is 13.3 Å². The number of aliphatic hydroxyl groups is 2. The Morgan fingerprint density at radius 2 is 2.17 bits per heavy atom. The van der Waals surface area contributed by atoms with E-state index in [-0.39, 0.29) is 19.2 Å². The van der Waals surface area contributed by atoms with Crippen LogP contribution in [0.25, 0.3) is 17.4 Å². The lowest BCUT2D eigenvalue weighted by Crippen LogP contribution is -2.12. The number of unbranched alkanes of at least 4 members (excludes halogenated alkanes) is 1. The number of hydrogen-bond acceptors (Lipinski definition) is 7. The molecule has 2 aromatic heterocycles. The van der Waals surface area contributed by atoms with Crippen LogP contribution >= 0.6 is 0 Å². The lowest BCUT2D eigenvalue weighted by atomic mass is 10.1. The maximum Gasteiger partial charge on any atom is 0.224 e. The number of nitrogens with one attached hydrogen (secondary N) is 1. The molecule has 2 heterocycles. The highest BCUT2D eigenvalue weighted by Crippen LogP contribution is 2.51. The average Bonchev–Trinajstić information content (AvgIpc) is 3.11. The molecule has 8 heteroatoms. The minimum absolute atomic E-state index is 0.0666. The molecule has 0 unspecified atom stereocenters. The summed E-state index contributed by atoms with van der Waals surface area (Å²) in [5.41, 5.74) is 7.54. The highest BCUT2D eigenvalue weighted by atomic mass is 16.3. The molecule has 0 aliphatic heterocycles. The Hall–Kier alpha value is -2.19. The first-order valence-electron chi connectivity index (χ1n) is 7.80. The van der Waals surface area contributed by atoms with Crippen molar-refractivity contribution in [1.29, 1.82) is 0 Å². The van der Waals surface area contributed by atoms with E-state index in [0.29, 0.717) is 23.4 Å². The van der Waals surface area contributed by atoms with Gasteiger partial charge in [-0.2, -0.15) is 9.97 Å². The van der Waals surface area contributed by atoms with Gasteiger partial charge in [-0.25, -0.2) is 4.98 Å². The first-order chi connectivity index (χ1) is 11.1. The third kappa shape index (κ3) is 2.87. The Labute approximate surface area is 134 Å². The molecule has 8 nitrogen and oxygen atoms in total. The lowest BCUT2D eigenvalue weighted by molar-refractivity contribution is 0.143. The van der Waals surface area contributed by atoms with E-state index in [2.05, 4.69) is 27.2 Å². The van der Waals surface area contributed by atoms with E-state index in [1.165, 1.54) is 0 Å². The lowest BCUT2D eigenvalue weighted by Gasteiger charge is -2.07. The van der Waals surface area contributed by atoms with Gasteiger partial charge in [-0.15, -0.1) is 0 Å². The van der Waals surface area contributed by atoms with Gasteiger partial charge in [0.15, 0.2) is 17.0 Å². The van der Waals surface area contributed by atoms with Gasteiger partial charge in [-0.05, 0) is 18.4 Å². The van der Waals surface area contributed by atoms with Gasteiger partial charge in [0.25, 0.3) is 0 Å². The van der Waals surface area contributed by atoms with Crippen LogP contribution in [0.3, 0.4) is 0 Å². The van der Waals surface area contributed by atoms with Crippen LogP contribution in [-0.2, 0) is 0 Å². The van der Waals surface area contributed by atoms with Gasteiger partial charge in [0.2, 0.25) is 5.95 Å². The molecule has 1 aliphatic carbocycles. The zero-order valence-electron chi connectivity index (χ0n) is 13.2. The third-order valence-electron chi connectivity index (χ3n) is 4.25. The van der Waals surface area contributed by atoms with Crippen LogP contribution in [0.2, 0.25) is 0 Å². The van der Waals surface area contributed by atoms with Crippen molar-refractivity contribution < 1.29 is 10.2 Å². The van der Waals surface area contributed by atoms with E-state index in [0.717, 1.165) is 25.0 Å². The van der Waals surface area contributed by atoms with Gasteiger partial charge in [-0.3, -0.25) is 4.57 Å². The smallest absolute Gasteiger partial charge is 0.224 e. The number of rotatable bonds is 7. The van der Waals surface area contributed by atoms with E-state index < -0.39 is 5.41 Å². The molecule has 0 bridgehead atoms. The summed E-state index contributed by atoms with van der Waals surface area (Å²) in [4.78, 5) is 12.9. The monoisotopic (exact) mass is 318 g/mol. The minimum atomic E-state index is -0.503. The summed E-state index contributed by atoms with van der Waals surface area (Å²) < 4.78 is 1.76. The number of fused-ring (bicyclic) bond motifs is 1. The number of nitrogens with zero attached hydrogens (tertiary/aromatic N) is 4. The molecule has 0 radical (unpaired) electrons. The topological polar surface area (TPSA) is 122 Å². The third-order valence-corrected chi connectivity index (χ3v) is 4.25. The summed E-state index contributed by atoms with van der Waals surface area (Å²) in [5.74, 6) is 0.813. The number of anilines is 2. The van der Waals surface area contributed by atoms with Crippen LogP contribution in [0.5, 0.6) is 0 Å². The fraction of sp³-hybridized carbons (Fsp3) is 0.533. The molecule has 0 amide bonds. The summed E-state index contributed by atoms with van der Waals surface area (Å²) in [6.45, 7) is 2.79. The SMILES string of the molecule is CCCCNc1nc(N)nc2c1ncn2/C=C1/CC1(CO)CO. The normalized spacial score (nSPS) is 17.8. The Morgan fingerprint density at radius 3 is 2.83 bits per heavy atom. The van der Waals surface area contributed by atoms with Crippen LogP contribution in [0.15, 0.2) is 11.9 Å². The second-order valence-electron chi connectivity index (χ2n) is 5.96. The molecule has 0 aromatic carbocycles. The first-order valence-corrected chi connectivity index (χ1v) is 7.80. The largest absolute Gasteiger partial charge is 0.395 e. The van der Waals surface area contributed by atoms with Crippen molar-refractivity contribution in [1.82, 2.24) is 19.5 Å². The summed E-state index contributed by atoms with van der Waals surface area (Å²) in [7, 11) is 0. The number of nitrogens with two attached hydrogens (primary N) is 1. The maximum absolute atomic E-state index is 9.40. The molecule has 0 saturated heterocycles. The zero-order valence-corrected chi connectivity index (χ0v) is 13.2. The van der Waals surface area contributed by atoms with Gasteiger partial charge in [0.1, 0.15) is 6.33 Å². The van der Waals surface area contributed by atoms with Crippen molar-refractivity contribution in [3.63, 3.8) is 0 Å². The second-order valence-corrected chi connectivity index (χ2v) is 5.96. The Kier molecular flexibility index (Phi) is 4.18. The number of hydrogen-bond donors (Lipinski definition) is 4. The fourth-order valence-electron chi connectivity index (χ4n) is 2.57. The van der Waals surface area contributed by atoms with Crippen molar-refractivity contribution in [3.8, 4) is 0 Å². The van der Waals surface area contributed by atoms with Gasteiger partial charge in [0, 0.05) is 18.2 Å². The van der Waals surface area contributed by atoms with Crippen molar-refractivity contribution in [2.24, 2.45) is 5.41 Å². The molecule has 23 heavy (non-hydrogen) atoms. The molecule has 0 atom stereocenters. The average molecular weight is 318 g/mol. The number of aliphatic hydroxyl groups excluding tert-OH is 2. The maximum atomic E-state index is 9.40. The minimum Gasteiger partial charge on any atom is -0.395 e. The molecule has 1 fully saturated rings. The van der Waals surface area contributed by atoms with Crippen LogP contribution in [0.4, 0.5) is 11.8 Å². The molecule has 5 N–H and O–H groups in total. The summed E-state index contributed by atoms with van der Waals surface area (Å²) >= 11 is 0. The predicted molar refractivity (Wildman–Crippen MR) is 88.6 cm³/mol. The Bertz CT molecular complexity index is 735. The molecule has 0 spiro atoms. The van der Waals surface area contributed by atoms with Crippen LogP contribution in [0, 0.1) is 5.41 Å². The predicted octanol–water partition coefficient (Wildman–Crippen LogP) is 0.836. The molecule has 124 valence electrons. The van der Waals surface area contributed by atoms with Gasteiger partial charge in [0.05, 0.1) is 13.2 Å². The fourth-order valence-corrected chi connectivity index (χ4v) is 2.57. The van der Waals surface area contributed by atoms with Gasteiger partial charge < -0.3 is 21.3 Å². The first kappa shape index (κ1) is 15.7. The molecule has 1 aliphatic rings. The standard InChI is InChI=1S/C15H22N6O2/c1-2-3-4-17-12-11-13(20-14(16)19-12)21(9-18-11)6-10-5-15(10,7-22)8-23/h6,9,22-23H,2-5,7-8H2,1H3,(H3,16,17,19,20)/b10-6-. The molecular formula is C15H22N6O2. The van der Waals surface area contributed by atoms with Crippen LogP contribution < -0.4 is 11.1 Å². The van der Waals surface area contributed by atoms with E-state index in [9.17, 15) is 10.2 Å². The summed E-state index contributed by atoms with van der Waals surface area (Å²) in [5, 5.41) is 22.0. The van der Waals surface area contributed by atoms with Crippen molar-refractivity contribution in [2.75, 3.05) is 30.8 Å². The Balaban J connectivity index is 1.93. The van der Waals surface area contributed by atoms with Crippen LogP contribution in [-0.4, -0.2) is 49.5 Å². The second kappa shape index (κ2) is 6.13. The summed E-state index contributed by atoms with van der Waals surface area (Å²) in [6, 6.07) is 0. The zero-order chi connectivity index (χ0) is 16.4. The van der Waals surface area contributed by atoms with E-state index in [1.807, 2.05) is 6.20 Å². The van der Waals surface area contributed by atoms with E-state index in [4.69, 9.17) is 5.73 Å². The number of aromatic nitrogens is 4. The highest BCUT2D eigenvalue weighted by molar-refractivity contribution is 5.85. The molecule has 1 saturated carbocycles. The molecular weight excluding hydrogens is 296 g/mol. The molecule has 3 rings (SSSR count). The quantitative estimate of drug-likeness (QED) is 0.558. The van der Waals surface area contributed by atoms with Crippen molar-refractivity contribution in [3.05, 3.63) is 11.9 Å². The number of nitrogen functional groups attached to an aromatic ring is 1. The van der Waals surface area contributed by atoms with Crippen molar-refractivity contribution >= 4 is 29.1 Å². The van der Waals surface area contributed by atoms with Gasteiger partial charge >= 0.3 is 0 Å². The molecule has 2 aromatic rings. The van der Waals surface area contributed by atoms with E-state index >= 15 is 0 Å². The van der Waals surface area contributed by atoms with Crippen LogP contribution in [0.1, 0.15) is 26.2 Å². The van der Waals surface area contributed by atoms with E-state index in [1.54, 1.807) is 10.9 Å². The summed E-state index contributed by atoms with van der Waals surface area (Å²) in [6.07, 6.45) is 6.29. The highest BCUT2D eigenvalue weighted by Gasteiger charge is 2.48. The van der Waals surface area contributed by atoms with Crippen molar-refractivity contribution in [2.45, 2.75) is 26.2 Å².